The van der Waals surface area contributed by atoms with E-state index in [1.54, 1.807) is 0 Å². The number of hydrogen-bond acceptors (Lipinski definition) is 5. The van der Waals surface area contributed by atoms with Crippen molar-refractivity contribution in [3.63, 3.8) is 0 Å². The number of aromatic nitrogens is 2. The fourth-order valence-corrected chi connectivity index (χ4v) is 3.04. The van der Waals surface area contributed by atoms with Crippen LogP contribution in [0.4, 0.5) is 5.82 Å². The Morgan fingerprint density at radius 2 is 2.21 bits per heavy atom. The Labute approximate surface area is 128 Å². The average Bonchev–Trinajstić information content (AvgIpc) is 2.41. The normalized spacial score (nSPS) is 21.0. The van der Waals surface area contributed by atoms with Crippen LogP contribution in [0.3, 0.4) is 0 Å². The molecular formula is C13H21IN4O. The lowest BCUT2D eigenvalue weighted by Crippen LogP contribution is -2.38. The fourth-order valence-electron chi connectivity index (χ4n) is 2.17. The van der Waals surface area contributed by atoms with Crippen molar-refractivity contribution in [2.75, 3.05) is 32.0 Å². The summed E-state index contributed by atoms with van der Waals surface area (Å²) in [4.78, 5) is 11.4. The quantitative estimate of drug-likeness (QED) is 0.820. The SMILES string of the molecule is CCN1CCOC(c2nc(N)c(I)c(C(C)C)n2)C1. The van der Waals surface area contributed by atoms with Gasteiger partial charge in [0, 0.05) is 13.1 Å². The number of morpholine rings is 1. The van der Waals surface area contributed by atoms with Gasteiger partial charge in [-0.2, -0.15) is 0 Å². The van der Waals surface area contributed by atoms with E-state index in [-0.39, 0.29) is 6.10 Å². The molecule has 1 unspecified atom stereocenters. The van der Waals surface area contributed by atoms with Crippen molar-refractivity contribution in [2.45, 2.75) is 32.8 Å². The van der Waals surface area contributed by atoms with Crippen LogP contribution in [-0.4, -0.2) is 41.1 Å². The number of nitrogens with zero attached hydrogens (tertiary/aromatic N) is 3. The van der Waals surface area contributed by atoms with Crippen LogP contribution in [0.25, 0.3) is 0 Å². The second-order valence-electron chi connectivity index (χ2n) is 5.07. The minimum absolute atomic E-state index is 0.0644. The first kappa shape index (κ1) is 14.9. The van der Waals surface area contributed by atoms with Gasteiger partial charge in [0.2, 0.25) is 0 Å². The summed E-state index contributed by atoms with van der Waals surface area (Å²) in [5, 5.41) is 0. The van der Waals surface area contributed by atoms with E-state index >= 15 is 0 Å². The lowest BCUT2D eigenvalue weighted by atomic mass is 10.1. The minimum Gasteiger partial charge on any atom is -0.383 e. The molecule has 2 heterocycles. The molecule has 1 aliphatic rings. The summed E-state index contributed by atoms with van der Waals surface area (Å²) in [6.07, 6.45) is -0.0644. The lowest BCUT2D eigenvalue weighted by molar-refractivity contribution is -0.0326. The molecule has 0 amide bonds. The van der Waals surface area contributed by atoms with E-state index in [1.807, 2.05) is 0 Å². The van der Waals surface area contributed by atoms with E-state index < -0.39 is 0 Å². The Hall–Kier alpha value is -0.470. The number of rotatable bonds is 3. The molecule has 2 N–H and O–H groups in total. The standard InChI is InChI=1S/C13H21IN4O/c1-4-18-5-6-19-9(7-18)13-16-11(8(2)3)10(14)12(15)17-13/h8-9H,4-7H2,1-3H3,(H2,15,16,17). The molecule has 0 aliphatic carbocycles. The maximum atomic E-state index is 6.01. The van der Waals surface area contributed by atoms with E-state index in [0.717, 1.165) is 41.3 Å². The van der Waals surface area contributed by atoms with Crippen LogP contribution in [0.2, 0.25) is 0 Å². The summed E-state index contributed by atoms with van der Waals surface area (Å²) in [5.41, 5.74) is 7.02. The second kappa shape index (κ2) is 6.32. The summed E-state index contributed by atoms with van der Waals surface area (Å²) < 4.78 is 6.76. The van der Waals surface area contributed by atoms with Crippen LogP contribution in [0, 0.1) is 3.57 Å². The van der Waals surface area contributed by atoms with Gasteiger partial charge in [-0.1, -0.05) is 20.8 Å². The molecule has 1 saturated heterocycles. The number of hydrogen-bond donors (Lipinski definition) is 1. The topological polar surface area (TPSA) is 64.3 Å². The molecule has 6 heteroatoms. The monoisotopic (exact) mass is 376 g/mol. The highest BCUT2D eigenvalue weighted by atomic mass is 127. The molecule has 5 nitrogen and oxygen atoms in total. The van der Waals surface area contributed by atoms with E-state index in [4.69, 9.17) is 10.5 Å². The average molecular weight is 376 g/mol. The van der Waals surface area contributed by atoms with Gasteiger partial charge >= 0.3 is 0 Å². The summed E-state index contributed by atoms with van der Waals surface area (Å²) >= 11 is 2.22. The molecule has 1 aliphatic heterocycles. The van der Waals surface area contributed by atoms with Crippen molar-refractivity contribution in [1.82, 2.24) is 14.9 Å². The number of nitrogen functional groups attached to an aromatic ring is 1. The molecule has 0 bridgehead atoms. The highest BCUT2D eigenvalue weighted by Crippen LogP contribution is 2.27. The van der Waals surface area contributed by atoms with Crippen LogP contribution in [0.15, 0.2) is 0 Å². The number of nitrogens with two attached hydrogens (primary N) is 1. The first-order valence-corrected chi connectivity index (χ1v) is 7.77. The highest BCUT2D eigenvalue weighted by molar-refractivity contribution is 14.1. The predicted octanol–water partition coefficient (Wildman–Crippen LogP) is 2.18. The number of halogens is 1. The predicted molar refractivity (Wildman–Crippen MR) is 84.1 cm³/mol. The molecule has 106 valence electrons. The van der Waals surface area contributed by atoms with Crippen molar-refractivity contribution in [2.24, 2.45) is 0 Å². The van der Waals surface area contributed by atoms with Crippen LogP contribution >= 0.6 is 22.6 Å². The number of ether oxygens (including phenoxy) is 1. The van der Waals surface area contributed by atoms with Crippen LogP contribution in [0.1, 0.15) is 44.3 Å². The third-order valence-corrected chi connectivity index (χ3v) is 4.46. The minimum atomic E-state index is -0.0644. The fraction of sp³-hybridized carbons (Fsp3) is 0.692. The molecular weight excluding hydrogens is 355 g/mol. The van der Waals surface area contributed by atoms with Crippen LogP contribution in [0.5, 0.6) is 0 Å². The van der Waals surface area contributed by atoms with Crippen molar-refractivity contribution in [3.8, 4) is 0 Å². The Bertz CT molecular complexity index is 453. The molecule has 1 fully saturated rings. The summed E-state index contributed by atoms with van der Waals surface area (Å²) in [7, 11) is 0. The Kier molecular flexibility index (Phi) is 4.97. The van der Waals surface area contributed by atoms with Gasteiger partial charge in [-0.05, 0) is 35.1 Å². The van der Waals surface area contributed by atoms with E-state index in [1.165, 1.54) is 0 Å². The van der Waals surface area contributed by atoms with Gasteiger partial charge in [0.1, 0.15) is 11.9 Å². The zero-order valence-corrected chi connectivity index (χ0v) is 13.8. The molecule has 1 aromatic rings. The van der Waals surface area contributed by atoms with Gasteiger partial charge in [0.15, 0.2) is 5.82 Å². The van der Waals surface area contributed by atoms with Crippen molar-refractivity contribution >= 4 is 28.4 Å². The van der Waals surface area contributed by atoms with E-state index in [2.05, 4.69) is 58.2 Å². The maximum absolute atomic E-state index is 6.01. The highest BCUT2D eigenvalue weighted by Gasteiger charge is 2.25. The maximum Gasteiger partial charge on any atom is 0.161 e. The molecule has 2 rings (SSSR count). The molecule has 0 aromatic carbocycles. The Morgan fingerprint density at radius 1 is 1.47 bits per heavy atom. The van der Waals surface area contributed by atoms with Gasteiger partial charge in [-0.25, -0.2) is 9.97 Å². The molecule has 0 spiro atoms. The van der Waals surface area contributed by atoms with E-state index in [9.17, 15) is 0 Å². The summed E-state index contributed by atoms with van der Waals surface area (Å²) in [6, 6.07) is 0. The van der Waals surface area contributed by atoms with Gasteiger partial charge in [0.05, 0.1) is 15.9 Å². The third kappa shape index (κ3) is 3.35. The van der Waals surface area contributed by atoms with Crippen LogP contribution in [-0.2, 0) is 4.74 Å². The first-order valence-electron chi connectivity index (χ1n) is 6.69. The smallest absolute Gasteiger partial charge is 0.161 e. The number of anilines is 1. The van der Waals surface area contributed by atoms with Gasteiger partial charge in [0.25, 0.3) is 0 Å². The van der Waals surface area contributed by atoms with Crippen molar-refractivity contribution < 1.29 is 4.74 Å². The van der Waals surface area contributed by atoms with Gasteiger partial charge < -0.3 is 10.5 Å². The Balaban J connectivity index is 2.29. The summed E-state index contributed by atoms with van der Waals surface area (Å²) in [5.74, 6) is 1.62. The molecule has 19 heavy (non-hydrogen) atoms. The molecule has 0 saturated carbocycles. The zero-order valence-electron chi connectivity index (χ0n) is 11.7. The zero-order chi connectivity index (χ0) is 14.0. The largest absolute Gasteiger partial charge is 0.383 e. The van der Waals surface area contributed by atoms with Crippen LogP contribution < -0.4 is 5.73 Å². The van der Waals surface area contributed by atoms with Gasteiger partial charge in [-0.15, -0.1) is 0 Å². The molecule has 1 atom stereocenters. The van der Waals surface area contributed by atoms with Gasteiger partial charge in [-0.3, -0.25) is 4.90 Å². The Morgan fingerprint density at radius 3 is 2.84 bits per heavy atom. The first-order chi connectivity index (χ1) is 9.02. The summed E-state index contributed by atoms with van der Waals surface area (Å²) in [6.45, 7) is 9.96. The third-order valence-electron chi connectivity index (χ3n) is 3.35. The lowest BCUT2D eigenvalue weighted by Gasteiger charge is -2.31. The van der Waals surface area contributed by atoms with Crippen molar-refractivity contribution in [1.29, 1.82) is 0 Å². The van der Waals surface area contributed by atoms with Crippen molar-refractivity contribution in [3.05, 3.63) is 15.1 Å². The van der Waals surface area contributed by atoms with E-state index in [0.29, 0.717) is 11.7 Å². The number of likely N-dealkylation sites (N-methyl/N-ethyl adjacent to an activating group) is 1. The molecule has 0 radical (unpaired) electrons. The molecule has 1 aromatic heterocycles. The second-order valence-corrected chi connectivity index (χ2v) is 6.15.